The van der Waals surface area contributed by atoms with Crippen molar-refractivity contribution in [2.45, 2.75) is 79.7 Å². The van der Waals surface area contributed by atoms with Crippen molar-refractivity contribution in [2.24, 2.45) is 11.8 Å². The van der Waals surface area contributed by atoms with Gasteiger partial charge in [-0.3, -0.25) is 0 Å². The second-order valence-corrected chi connectivity index (χ2v) is 7.01. The van der Waals surface area contributed by atoms with E-state index < -0.39 is 0 Å². The van der Waals surface area contributed by atoms with Crippen molar-refractivity contribution in [1.82, 2.24) is 10.2 Å². The van der Waals surface area contributed by atoms with Gasteiger partial charge in [0.1, 0.15) is 0 Å². The number of nitrogens with zero attached hydrogens (tertiary/aromatic N) is 1. The topological polar surface area (TPSA) is 15.3 Å². The highest BCUT2D eigenvalue weighted by atomic mass is 15.1. The summed E-state index contributed by atoms with van der Waals surface area (Å²) in [6.07, 6.45) is 6.59. The number of nitrogens with one attached hydrogen (secondary N) is 1. The Labute approximate surface area is 128 Å². The third-order valence-corrected chi connectivity index (χ3v) is 4.06. The molecule has 0 aliphatic rings. The van der Waals surface area contributed by atoms with E-state index in [0.717, 1.165) is 24.4 Å². The molecule has 0 aromatic rings. The molecule has 1 N–H and O–H groups in total. The molecule has 2 heteroatoms. The summed E-state index contributed by atoms with van der Waals surface area (Å²) in [6.45, 7) is 18.8. The van der Waals surface area contributed by atoms with Gasteiger partial charge in [0.2, 0.25) is 0 Å². The van der Waals surface area contributed by atoms with E-state index in [0.29, 0.717) is 0 Å². The maximum Gasteiger partial charge on any atom is 0.00647 e. The lowest BCUT2D eigenvalue weighted by Crippen LogP contribution is -2.32. The number of hydrogen-bond donors (Lipinski definition) is 1. The van der Waals surface area contributed by atoms with Gasteiger partial charge < -0.3 is 10.2 Å². The Balaban J connectivity index is 3.99. The molecule has 0 amide bonds. The SMILES string of the molecule is CCNC(CC)CCCN(CCC(C)C)CCC(C)C. The standard InChI is InChI=1S/C18H40N2/c1-7-18(19-8-2)10-9-13-20(14-11-16(3)4)15-12-17(5)6/h16-19H,7-15H2,1-6H3. The first-order valence-corrected chi connectivity index (χ1v) is 8.95. The second-order valence-electron chi connectivity index (χ2n) is 7.01. The maximum atomic E-state index is 3.59. The zero-order valence-corrected chi connectivity index (χ0v) is 15.0. The minimum absolute atomic E-state index is 0.719. The minimum atomic E-state index is 0.719. The van der Waals surface area contributed by atoms with Gasteiger partial charge in [-0.05, 0) is 70.1 Å². The van der Waals surface area contributed by atoms with Crippen LogP contribution in [0.15, 0.2) is 0 Å². The highest BCUT2D eigenvalue weighted by molar-refractivity contribution is 4.67. The first kappa shape index (κ1) is 19.9. The predicted octanol–water partition coefficient (Wildman–Crippen LogP) is 4.55. The molecule has 0 fully saturated rings. The molecule has 0 heterocycles. The minimum Gasteiger partial charge on any atom is -0.314 e. The van der Waals surface area contributed by atoms with Crippen LogP contribution in [0, 0.1) is 11.8 Å². The van der Waals surface area contributed by atoms with Crippen LogP contribution in [0.1, 0.15) is 73.6 Å². The van der Waals surface area contributed by atoms with Gasteiger partial charge in [0.15, 0.2) is 0 Å². The number of rotatable bonds is 13. The van der Waals surface area contributed by atoms with E-state index in [-0.39, 0.29) is 0 Å². The molecule has 0 aliphatic carbocycles. The lowest BCUT2D eigenvalue weighted by Gasteiger charge is -2.25. The summed E-state index contributed by atoms with van der Waals surface area (Å²) in [5.74, 6) is 1.64. The van der Waals surface area contributed by atoms with Crippen LogP contribution < -0.4 is 5.32 Å². The molecule has 2 nitrogen and oxygen atoms in total. The molecule has 0 aliphatic heterocycles. The highest BCUT2D eigenvalue weighted by Crippen LogP contribution is 2.09. The van der Waals surface area contributed by atoms with E-state index in [4.69, 9.17) is 0 Å². The van der Waals surface area contributed by atoms with Crippen molar-refractivity contribution in [3.8, 4) is 0 Å². The van der Waals surface area contributed by atoms with E-state index in [1.54, 1.807) is 0 Å². The quantitative estimate of drug-likeness (QED) is 0.534. The van der Waals surface area contributed by atoms with Gasteiger partial charge in [-0.1, -0.05) is 41.5 Å². The van der Waals surface area contributed by atoms with Crippen molar-refractivity contribution in [3.63, 3.8) is 0 Å². The van der Waals surface area contributed by atoms with E-state index in [1.807, 2.05) is 0 Å². The van der Waals surface area contributed by atoms with Crippen molar-refractivity contribution >= 4 is 0 Å². The molecule has 0 aromatic heterocycles. The fourth-order valence-corrected chi connectivity index (χ4v) is 2.52. The molecule has 0 spiro atoms. The van der Waals surface area contributed by atoms with Crippen molar-refractivity contribution < 1.29 is 0 Å². The largest absolute Gasteiger partial charge is 0.314 e. The summed E-state index contributed by atoms with van der Waals surface area (Å²) in [7, 11) is 0. The zero-order valence-electron chi connectivity index (χ0n) is 15.0. The fourth-order valence-electron chi connectivity index (χ4n) is 2.52. The Morgan fingerprint density at radius 2 is 1.35 bits per heavy atom. The molecule has 0 bridgehead atoms. The van der Waals surface area contributed by atoms with E-state index in [1.165, 1.54) is 51.7 Å². The Morgan fingerprint density at radius 3 is 1.75 bits per heavy atom. The molecule has 0 saturated carbocycles. The molecule has 0 rings (SSSR count). The number of hydrogen-bond acceptors (Lipinski definition) is 2. The summed E-state index contributed by atoms with van der Waals surface area (Å²) in [5, 5.41) is 3.59. The van der Waals surface area contributed by atoms with Gasteiger partial charge in [0.25, 0.3) is 0 Å². The fraction of sp³-hybridized carbons (Fsp3) is 1.00. The summed E-state index contributed by atoms with van der Waals surface area (Å²) in [6, 6.07) is 0.719. The van der Waals surface area contributed by atoms with Crippen LogP contribution in [-0.2, 0) is 0 Å². The molecule has 0 saturated heterocycles. The molecular formula is C18H40N2. The van der Waals surface area contributed by atoms with Gasteiger partial charge in [-0.2, -0.15) is 0 Å². The first-order chi connectivity index (χ1) is 9.49. The molecule has 20 heavy (non-hydrogen) atoms. The molecular weight excluding hydrogens is 244 g/mol. The second kappa shape index (κ2) is 12.6. The lowest BCUT2D eigenvalue weighted by atomic mass is 10.1. The van der Waals surface area contributed by atoms with Gasteiger partial charge in [-0.15, -0.1) is 0 Å². The van der Waals surface area contributed by atoms with Crippen molar-refractivity contribution in [2.75, 3.05) is 26.2 Å². The Bertz CT molecular complexity index is 190. The summed E-state index contributed by atoms with van der Waals surface area (Å²) in [5.41, 5.74) is 0. The molecule has 0 aromatic carbocycles. The maximum absolute atomic E-state index is 3.59. The normalized spacial score (nSPS) is 13.7. The summed E-state index contributed by atoms with van der Waals surface area (Å²) in [4.78, 5) is 2.69. The highest BCUT2D eigenvalue weighted by Gasteiger charge is 2.09. The van der Waals surface area contributed by atoms with Crippen LogP contribution >= 0.6 is 0 Å². The van der Waals surface area contributed by atoms with Gasteiger partial charge in [-0.25, -0.2) is 0 Å². The van der Waals surface area contributed by atoms with Gasteiger partial charge in [0, 0.05) is 6.04 Å². The first-order valence-electron chi connectivity index (χ1n) is 8.95. The molecule has 122 valence electrons. The third-order valence-electron chi connectivity index (χ3n) is 4.06. The summed E-state index contributed by atoms with van der Waals surface area (Å²) < 4.78 is 0. The lowest BCUT2D eigenvalue weighted by molar-refractivity contribution is 0.235. The monoisotopic (exact) mass is 284 g/mol. The van der Waals surface area contributed by atoms with E-state index >= 15 is 0 Å². The Morgan fingerprint density at radius 1 is 0.800 bits per heavy atom. The third kappa shape index (κ3) is 11.7. The van der Waals surface area contributed by atoms with E-state index in [2.05, 4.69) is 51.8 Å². The van der Waals surface area contributed by atoms with Crippen LogP contribution in [0.5, 0.6) is 0 Å². The Kier molecular flexibility index (Phi) is 12.6. The van der Waals surface area contributed by atoms with Crippen LogP contribution in [-0.4, -0.2) is 37.1 Å². The van der Waals surface area contributed by atoms with Crippen molar-refractivity contribution in [3.05, 3.63) is 0 Å². The smallest absolute Gasteiger partial charge is 0.00647 e. The zero-order chi connectivity index (χ0) is 15.4. The van der Waals surface area contributed by atoms with E-state index in [9.17, 15) is 0 Å². The average Bonchev–Trinajstić information content (AvgIpc) is 2.39. The van der Waals surface area contributed by atoms with Gasteiger partial charge in [0.05, 0.1) is 0 Å². The summed E-state index contributed by atoms with van der Waals surface area (Å²) >= 11 is 0. The van der Waals surface area contributed by atoms with Crippen molar-refractivity contribution in [1.29, 1.82) is 0 Å². The molecule has 1 unspecified atom stereocenters. The average molecular weight is 285 g/mol. The van der Waals surface area contributed by atoms with Crippen LogP contribution in [0.2, 0.25) is 0 Å². The van der Waals surface area contributed by atoms with Crippen LogP contribution in [0.4, 0.5) is 0 Å². The van der Waals surface area contributed by atoms with Crippen LogP contribution in [0.25, 0.3) is 0 Å². The predicted molar refractivity (Wildman–Crippen MR) is 92.3 cm³/mol. The van der Waals surface area contributed by atoms with Crippen LogP contribution in [0.3, 0.4) is 0 Å². The Hall–Kier alpha value is -0.0800. The molecule has 1 atom stereocenters. The van der Waals surface area contributed by atoms with Gasteiger partial charge >= 0.3 is 0 Å². The molecule has 0 radical (unpaired) electrons.